The smallest absolute Gasteiger partial charge is 0.407 e. The Bertz CT molecular complexity index is 1100. The summed E-state index contributed by atoms with van der Waals surface area (Å²) in [6.07, 6.45) is -7.27. The molecule has 10 heteroatoms. The van der Waals surface area contributed by atoms with Crippen LogP contribution in [-0.4, -0.2) is 67.4 Å². The third-order valence-electron chi connectivity index (χ3n) is 6.77. The van der Waals surface area contributed by atoms with Gasteiger partial charge in [0, 0.05) is 0 Å². The van der Waals surface area contributed by atoms with E-state index < -0.39 is 48.3 Å². The fourth-order valence-electron chi connectivity index (χ4n) is 4.97. The van der Waals surface area contributed by atoms with Crippen LogP contribution in [0.25, 0.3) is 11.1 Å². The molecule has 2 fully saturated rings. The molecule has 2 aliphatic heterocycles. The molecule has 0 radical (unpaired) electrons. The molecule has 4 rings (SSSR count). The number of amides is 1. The maximum Gasteiger partial charge on any atom is 0.407 e. The van der Waals surface area contributed by atoms with E-state index in [4.69, 9.17) is 9.47 Å². The maximum atomic E-state index is 14.4. The number of likely N-dealkylation sites (tertiary alicyclic amines) is 1. The van der Waals surface area contributed by atoms with Crippen LogP contribution in [0.15, 0.2) is 48.5 Å². The molecule has 2 aliphatic rings. The Morgan fingerprint density at radius 3 is 2.24 bits per heavy atom. The molecule has 6 nitrogen and oxygen atoms in total. The van der Waals surface area contributed by atoms with Crippen molar-refractivity contribution in [1.29, 1.82) is 0 Å². The van der Waals surface area contributed by atoms with Gasteiger partial charge in [0.15, 0.2) is 5.78 Å². The second-order valence-electron chi connectivity index (χ2n) is 9.87. The summed E-state index contributed by atoms with van der Waals surface area (Å²) in [5, 5.41) is 2.49. The first-order valence-corrected chi connectivity index (χ1v) is 12.2. The minimum atomic E-state index is -4.71. The van der Waals surface area contributed by atoms with Gasteiger partial charge in [0.2, 0.25) is 5.91 Å². The summed E-state index contributed by atoms with van der Waals surface area (Å²) < 4.78 is 67.5. The molecule has 0 bridgehead atoms. The van der Waals surface area contributed by atoms with Gasteiger partial charge in [0.05, 0.1) is 19.7 Å². The highest BCUT2D eigenvalue weighted by Crippen LogP contribution is 2.36. The summed E-state index contributed by atoms with van der Waals surface area (Å²) in [5.41, 5.74) is 1.47. The van der Waals surface area contributed by atoms with Crippen LogP contribution in [0.3, 0.4) is 0 Å². The fourth-order valence-corrected chi connectivity index (χ4v) is 4.97. The van der Waals surface area contributed by atoms with Gasteiger partial charge in [-0.2, -0.15) is 13.2 Å². The summed E-state index contributed by atoms with van der Waals surface area (Å²) >= 11 is 0. The number of fused-ring (bicyclic) bond motifs is 1. The Balaban J connectivity index is 1.58. The normalized spacial score (nSPS) is 23.3. The Labute approximate surface area is 212 Å². The summed E-state index contributed by atoms with van der Waals surface area (Å²) in [5.74, 6) is -0.644. The van der Waals surface area contributed by atoms with Crippen LogP contribution in [-0.2, 0) is 14.3 Å². The third-order valence-corrected chi connectivity index (χ3v) is 6.77. The van der Waals surface area contributed by atoms with Crippen molar-refractivity contribution >= 4 is 11.7 Å². The van der Waals surface area contributed by atoms with Gasteiger partial charge >= 0.3 is 6.18 Å². The number of rotatable bonds is 8. The summed E-state index contributed by atoms with van der Waals surface area (Å²) in [6.45, 7) is 2.86. The lowest BCUT2D eigenvalue weighted by molar-refractivity contribution is -0.163. The zero-order valence-corrected chi connectivity index (χ0v) is 20.8. The molecule has 2 aromatic rings. The third kappa shape index (κ3) is 5.80. The van der Waals surface area contributed by atoms with E-state index in [9.17, 15) is 27.2 Å². The van der Waals surface area contributed by atoms with Gasteiger partial charge in [0.1, 0.15) is 36.7 Å². The number of ether oxygens (including phenoxy) is 2. The number of halogens is 4. The Hall–Kier alpha value is -2.98. The lowest BCUT2D eigenvalue weighted by Gasteiger charge is -2.32. The second kappa shape index (κ2) is 10.8. The van der Waals surface area contributed by atoms with Gasteiger partial charge in [-0.1, -0.05) is 50.2 Å². The van der Waals surface area contributed by atoms with Crippen molar-refractivity contribution in [3.8, 4) is 16.9 Å². The van der Waals surface area contributed by atoms with Crippen molar-refractivity contribution in [3.05, 3.63) is 54.1 Å². The van der Waals surface area contributed by atoms with E-state index in [0.29, 0.717) is 5.75 Å². The quantitative estimate of drug-likeness (QED) is 0.518. The van der Waals surface area contributed by atoms with Gasteiger partial charge < -0.3 is 14.4 Å². The number of benzene rings is 2. The monoisotopic (exact) mass is 522 g/mol. The molecule has 1 N–H and O–H groups in total. The van der Waals surface area contributed by atoms with Crippen LogP contribution in [0.2, 0.25) is 0 Å². The van der Waals surface area contributed by atoms with Crippen LogP contribution in [0.4, 0.5) is 17.6 Å². The van der Waals surface area contributed by atoms with Crippen LogP contribution >= 0.6 is 0 Å². The first kappa shape index (κ1) is 27.1. The van der Waals surface area contributed by atoms with Crippen LogP contribution < -0.4 is 10.1 Å². The molecular formula is C27H30F4N2O4. The summed E-state index contributed by atoms with van der Waals surface area (Å²) in [6, 6.07) is 8.54. The molecule has 37 heavy (non-hydrogen) atoms. The van der Waals surface area contributed by atoms with Crippen LogP contribution in [0.1, 0.15) is 31.9 Å². The predicted molar refractivity (Wildman–Crippen MR) is 129 cm³/mol. The number of carbonyl (C=O) groups is 2. The molecule has 0 saturated carbocycles. The van der Waals surface area contributed by atoms with Crippen LogP contribution in [0, 0.1) is 5.92 Å². The molecule has 2 saturated heterocycles. The Morgan fingerprint density at radius 1 is 1.11 bits per heavy atom. The average Bonchev–Trinajstić information content (AvgIpc) is 3.40. The van der Waals surface area contributed by atoms with E-state index in [0.717, 1.165) is 16.0 Å². The topological polar surface area (TPSA) is 67.9 Å². The molecule has 1 amide bonds. The zero-order chi connectivity index (χ0) is 26.9. The Morgan fingerprint density at radius 2 is 1.70 bits per heavy atom. The minimum Gasteiger partial charge on any atom is -0.497 e. The molecule has 2 heterocycles. The van der Waals surface area contributed by atoms with Gasteiger partial charge in [0.25, 0.3) is 0 Å². The van der Waals surface area contributed by atoms with Gasteiger partial charge in [-0.25, -0.2) is 4.39 Å². The summed E-state index contributed by atoms with van der Waals surface area (Å²) in [7, 11) is 1.54. The van der Waals surface area contributed by atoms with Crippen molar-refractivity contribution in [1.82, 2.24) is 10.2 Å². The number of hydrogen-bond donors (Lipinski definition) is 1. The second-order valence-corrected chi connectivity index (χ2v) is 9.87. The molecule has 5 atom stereocenters. The van der Waals surface area contributed by atoms with E-state index in [1.165, 1.54) is 12.1 Å². The molecule has 0 spiro atoms. The molecular weight excluding hydrogens is 492 g/mol. The first-order chi connectivity index (χ1) is 17.5. The Kier molecular flexibility index (Phi) is 7.89. The van der Waals surface area contributed by atoms with Gasteiger partial charge in [-0.3, -0.25) is 14.9 Å². The molecule has 0 unspecified atom stereocenters. The van der Waals surface area contributed by atoms with Crippen molar-refractivity contribution < 1.29 is 36.6 Å². The number of carbonyl (C=O) groups excluding carboxylic acids is 2. The number of nitrogens with one attached hydrogen (secondary N) is 1. The van der Waals surface area contributed by atoms with E-state index in [1.807, 2.05) is 0 Å². The van der Waals surface area contributed by atoms with Crippen molar-refractivity contribution in [2.75, 3.05) is 20.3 Å². The van der Waals surface area contributed by atoms with E-state index in [2.05, 4.69) is 5.32 Å². The average molecular weight is 523 g/mol. The van der Waals surface area contributed by atoms with Crippen molar-refractivity contribution in [3.63, 3.8) is 0 Å². The maximum absolute atomic E-state index is 14.4. The highest BCUT2D eigenvalue weighted by molar-refractivity contribution is 5.94. The molecule has 2 aromatic carbocycles. The highest BCUT2D eigenvalue weighted by atomic mass is 19.4. The highest BCUT2D eigenvalue weighted by Gasteiger charge is 2.54. The number of hydrogen-bond acceptors (Lipinski definition) is 5. The largest absolute Gasteiger partial charge is 0.497 e. The van der Waals surface area contributed by atoms with E-state index in [1.54, 1.807) is 57.4 Å². The molecule has 200 valence electrons. The fraction of sp³-hybridized carbons (Fsp3) is 0.481. The lowest BCUT2D eigenvalue weighted by atomic mass is 9.97. The number of nitrogens with zero attached hydrogens (tertiary/aromatic N) is 1. The standard InChI is InChI=1S/C27H30F4N2O4/c1-15(2)12-21(26(35)33-13-20(28)24-23(33)22(34)14-37-24)32-25(27(29,30)31)18-6-4-16(5-7-18)17-8-10-19(36-3)11-9-17/h4-11,15,20-21,23-25,32H,12-14H2,1-3H3/t20-,21-,23+,24+,25-/m0/s1. The van der Waals surface area contributed by atoms with Gasteiger partial charge in [-0.05, 0) is 41.2 Å². The van der Waals surface area contributed by atoms with Crippen LogP contribution in [0.5, 0.6) is 5.75 Å². The molecule has 0 aliphatic carbocycles. The predicted octanol–water partition coefficient (Wildman–Crippen LogP) is 4.49. The lowest BCUT2D eigenvalue weighted by Crippen LogP contribution is -2.53. The zero-order valence-electron chi connectivity index (χ0n) is 20.8. The van der Waals surface area contributed by atoms with Crippen molar-refractivity contribution in [2.24, 2.45) is 5.92 Å². The number of ketones is 1. The number of Topliss-reactive ketones (excluding diaryl/α,β-unsaturated/α-hetero) is 1. The van der Waals surface area contributed by atoms with E-state index >= 15 is 0 Å². The van der Waals surface area contributed by atoms with Gasteiger partial charge in [-0.15, -0.1) is 0 Å². The van der Waals surface area contributed by atoms with E-state index in [-0.39, 0.29) is 31.1 Å². The molecule has 0 aromatic heterocycles. The summed E-state index contributed by atoms with van der Waals surface area (Å²) in [4.78, 5) is 26.7. The number of methoxy groups -OCH3 is 1. The first-order valence-electron chi connectivity index (χ1n) is 12.2. The minimum absolute atomic E-state index is 0.0609. The van der Waals surface area contributed by atoms with Crippen molar-refractivity contribution in [2.45, 2.75) is 56.8 Å². The number of alkyl halides is 4. The SMILES string of the molecule is COc1ccc(-c2ccc([C@H](N[C@@H](CC(C)C)C(=O)N3C[C@H](F)[C@H]4OCC(=O)[C@H]43)C(F)(F)F)cc2)cc1.